The van der Waals surface area contributed by atoms with Gasteiger partial charge < -0.3 is 9.47 Å². The van der Waals surface area contributed by atoms with Crippen molar-refractivity contribution in [2.45, 2.75) is 106 Å². The Balaban J connectivity index is 1.05. The molecule has 220 valence electrons. The van der Waals surface area contributed by atoms with Crippen LogP contribution in [-0.4, -0.2) is 61.5 Å². The van der Waals surface area contributed by atoms with Crippen LogP contribution < -0.4 is 0 Å². The van der Waals surface area contributed by atoms with E-state index in [2.05, 4.69) is 85.9 Å². The van der Waals surface area contributed by atoms with E-state index in [0.29, 0.717) is 23.4 Å². The molecule has 4 aliphatic rings. The van der Waals surface area contributed by atoms with E-state index in [4.69, 9.17) is 11.6 Å². The molecule has 4 heterocycles. The van der Waals surface area contributed by atoms with Crippen molar-refractivity contribution in [2.75, 3.05) is 19.6 Å². The zero-order valence-corrected chi connectivity index (χ0v) is 25.8. The maximum atomic E-state index is 7.46. The summed E-state index contributed by atoms with van der Waals surface area (Å²) in [5.74, 6) is 1.16. The molecule has 4 fully saturated rings. The van der Waals surface area contributed by atoms with E-state index in [1.165, 1.54) is 75.4 Å². The van der Waals surface area contributed by atoms with Gasteiger partial charge in [0.25, 0.3) is 0 Å². The Labute approximate surface area is 255 Å². The number of piperidine rings is 2. The summed E-state index contributed by atoms with van der Waals surface area (Å²) < 4.78 is 2.55. The SMILES string of the molecule is [C-]#[N+]N=C(SC1CCCC1)N1CCC(CCN2[C@@H]3CC[C@H]2CC(n2c(C)nc4ccccc42)C3)(c2ccccc2)CC1. The standard InChI is InChI=1S/C35H44N6S/c1-26-37-32-14-8-9-15-33(32)41(26)30-24-28-16-17-29(25-30)40(28)23-20-35(27-10-4-3-5-11-27)18-21-39(22-19-35)34(38-36-2)42-31-12-6-7-13-31/h3-5,8-11,14-15,28-31H,6-7,12-13,16-25H2,1H3/t28-,29+,30?. The molecule has 1 aliphatic carbocycles. The minimum absolute atomic E-state index is 0.187. The third-order valence-electron chi connectivity index (χ3n) is 10.9. The van der Waals surface area contributed by atoms with Crippen LogP contribution in [0.2, 0.25) is 0 Å². The number of nitrogens with zero attached hydrogens (tertiary/aromatic N) is 6. The van der Waals surface area contributed by atoms with Crippen LogP contribution in [0.25, 0.3) is 16.0 Å². The molecule has 7 heteroatoms. The van der Waals surface area contributed by atoms with Crippen molar-refractivity contribution in [3.8, 4) is 0 Å². The number of hydrogen-bond donors (Lipinski definition) is 0. The lowest BCUT2D eigenvalue weighted by Gasteiger charge is -2.46. The lowest BCUT2D eigenvalue weighted by Crippen LogP contribution is -2.48. The smallest absolute Gasteiger partial charge is 0.246 e. The number of thioether (sulfide) groups is 1. The fourth-order valence-corrected chi connectivity index (χ4v) is 10.0. The molecule has 3 aliphatic heterocycles. The Kier molecular flexibility index (Phi) is 8.03. The maximum Gasteiger partial charge on any atom is 0.246 e. The van der Waals surface area contributed by atoms with Gasteiger partial charge in [-0.1, -0.05) is 67.1 Å². The highest BCUT2D eigenvalue weighted by molar-refractivity contribution is 8.14. The Morgan fingerprint density at radius 2 is 1.64 bits per heavy atom. The molecule has 2 aromatic carbocycles. The predicted octanol–water partition coefficient (Wildman–Crippen LogP) is 7.80. The molecular formula is C35H44N6S. The monoisotopic (exact) mass is 580 g/mol. The molecule has 0 N–H and O–H groups in total. The molecule has 1 unspecified atom stereocenters. The van der Waals surface area contributed by atoms with Crippen LogP contribution >= 0.6 is 11.8 Å². The Morgan fingerprint density at radius 1 is 0.952 bits per heavy atom. The summed E-state index contributed by atoms with van der Waals surface area (Å²) in [5.41, 5.74) is 4.12. The predicted molar refractivity (Wildman–Crippen MR) is 174 cm³/mol. The Hall–Kier alpha value is -2.82. The van der Waals surface area contributed by atoms with Crippen molar-refractivity contribution in [1.82, 2.24) is 19.4 Å². The molecule has 42 heavy (non-hydrogen) atoms. The largest absolute Gasteiger partial charge is 0.345 e. The first-order valence-electron chi connectivity index (χ1n) is 16.2. The number of hydrogen-bond acceptors (Lipinski definition) is 4. The average molecular weight is 581 g/mol. The first kappa shape index (κ1) is 28.0. The summed E-state index contributed by atoms with van der Waals surface area (Å²) >= 11 is 1.87. The second kappa shape index (κ2) is 12.1. The minimum Gasteiger partial charge on any atom is -0.345 e. The summed E-state index contributed by atoms with van der Waals surface area (Å²) in [7, 11) is 0. The molecule has 2 bridgehead atoms. The molecule has 3 aromatic rings. The number of likely N-dealkylation sites (tertiary alicyclic amines) is 1. The van der Waals surface area contributed by atoms with Gasteiger partial charge in [-0.05, 0) is 94.4 Å². The van der Waals surface area contributed by atoms with E-state index in [1.54, 1.807) is 0 Å². The quantitative estimate of drug-likeness (QED) is 0.129. The molecule has 7 rings (SSSR count). The summed E-state index contributed by atoms with van der Waals surface area (Å²) in [6, 6.07) is 21.9. The minimum atomic E-state index is 0.187. The fourth-order valence-electron chi connectivity index (χ4n) is 8.75. The number of para-hydroxylation sites is 2. The Bertz CT molecular complexity index is 1430. The molecule has 1 aromatic heterocycles. The highest BCUT2D eigenvalue weighted by Gasteiger charge is 2.44. The summed E-state index contributed by atoms with van der Waals surface area (Å²) in [6.07, 6.45) is 13.8. The van der Waals surface area contributed by atoms with E-state index < -0.39 is 0 Å². The van der Waals surface area contributed by atoms with E-state index in [9.17, 15) is 0 Å². The van der Waals surface area contributed by atoms with Crippen LogP contribution in [0.5, 0.6) is 0 Å². The molecule has 0 radical (unpaired) electrons. The van der Waals surface area contributed by atoms with Gasteiger partial charge in [0.2, 0.25) is 5.17 Å². The van der Waals surface area contributed by atoms with Gasteiger partial charge >= 0.3 is 0 Å². The highest BCUT2D eigenvalue weighted by atomic mass is 32.2. The lowest BCUT2D eigenvalue weighted by molar-refractivity contribution is 0.0890. The van der Waals surface area contributed by atoms with Gasteiger partial charge in [-0.2, -0.15) is 6.57 Å². The number of amidine groups is 1. The van der Waals surface area contributed by atoms with Crippen molar-refractivity contribution in [3.05, 3.63) is 77.5 Å². The van der Waals surface area contributed by atoms with Crippen LogP contribution in [0.4, 0.5) is 0 Å². The zero-order valence-electron chi connectivity index (χ0n) is 25.0. The molecule has 1 saturated carbocycles. The highest BCUT2D eigenvalue weighted by Crippen LogP contribution is 2.45. The van der Waals surface area contributed by atoms with E-state index in [0.717, 1.165) is 42.4 Å². The van der Waals surface area contributed by atoms with Crippen LogP contribution in [0.15, 0.2) is 59.7 Å². The summed E-state index contributed by atoms with van der Waals surface area (Å²) in [6.45, 7) is 12.8. The topological polar surface area (TPSA) is 41.0 Å². The molecule has 3 atom stereocenters. The third kappa shape index (κ3) is 5.37. The number of rotatable bonds is 6. The molecule has 0 spiro atoms. The van der Waals surface area contributed by atoms with E-state index >= 15 is 0 Å². The van der Waals surface area contributed by atoms with Gasteiger partial charge in [0.05, 0.1) is 11.0 Å². The van der Waals surface area contributed by atoms with Crippen molar-refractivity contribution >= 4 is 28.0 Å². The summed E-state index contributed by atoms with van der Waals surface area (Å²) in [4.78, 5) is 13.7. The molecule has 0 amide bonds. The number of fused-ring (bicyclic) bond motifs is 3. The molecule has 3 saturated heterocycles. The van der Waals surface area contributed by atoms with Crippen molar-refractivity contribution in [2.24, 2.45) is 5.10 Å². The number of aromatic nitrogens is 2. The number of benzene rings is 2. The maximum absolute atomic E-state index is 7.46. The average Bonchev–Trinajstić information content (AvgIpc) is 3.72. The zero-order chi connectivity index (χ0) is 28.5. The number of aryl methyl sites for hydroxylation is 1. The van der Waals surface area contributed by atoms with Gasteiger partial charge in [0, 0.05) is 36.5 Å². The van der Waals surface area contributed by atoms with Crippen LogP contribution in [0.3, 0.4) is 0 Å². The van der Waals surface area contributed by atoms with Gasteiger partial charge in [-0.15, -0.1) is 4.95 Å². The lowest BCUT2D eigenvalue weighted by atomic mass is 9.70. The van der Waals surface area contributed by atoms with Crippen molar-refractivity contribution in [3.63, 3.8) is 0 Å². The summed E-state index contributed by atoms with van der Waals surface area (Å²) in [5, 5.41) is 5.92. The van der Waals surface area contributed by atoms with E-state index in [-0.39, 0.29) is 5.41 Å². The van der Waals surface area contributed by atoms with Crippen molar-refractivity contribution in [1.29, 1.82) is 0 Å². The van der Waals surface area contributed by atoms with Crippen LogP contribution in [-0.2, 0) is 5.41 Å². The van der Waals surface area contributed by atoms with Crippen LogP contribution in [0, 0.1) is 13.5 Å². The van der Waals surface area contributed by atoms with Crippen molar-refractivity contribution < 1.29 is 0 Å². The third-order valence-corrected chi connectivity index (χ3v) is 12.3. The first-order chi connectivity index (χ1) is 20.6. The second-order valence-electron chi connectivity index (χ2n) is 13.2. The van der Waals surface area contributed by atoms with Gasteiger partial charge in [0.15, 0.2) is 0 Å². The second-order valence-corrected chi connectivity index (χ2v) is 14.4. The van der Waals surface area contributed by atoms with Gasteiger partial charge in [0.1, 0.15) is 10.9 Å². The van der Waals surface area contributed by atoms with Crippen LogP contribution in [0.1, 0.15) is 88.1 Å². The Morgan fingerprint density at radius 3 is 2.36 bits per heavy atom. The fraction of sp³-hybridized carbons (Fsp3) is 0.571. The molecular weight excluding hydrogens is 536 g/mol. The number of imidazole rings is 1. The first-order valence-corrected chi connectivity index (χ1v) is 17.1. The van der Waals surface area contributed by atoms with Gasteiger partial charge in [-0.3, -0.25) is 4.90 Å². The van der Waals surface area contributed by atoms with Gasteiger partial charge in [-0.25, -0.2) is 4.98 Å². The molecule has 6 nitrogen and oxygen atoms in total. The normalized spacial score (nSPS) is 26.6. The van der Waals surface area contributed by atoms with E-state index in [1.807, 2.05) is 11.8 Å².